The maximum atomic E-state index is 13.1. The molecule has 0 saturated carbocycles. The number of piperidine rings is 1. The molecule has 0 spiro atoms. The van der Waals surface area contributed by atoms with Gasteiger partial charge in [0.2, 0.25) is 0 Å². The largest absolute Gasteiger partial charge is 0.338 e. The summed E-state index contributed by atoms with van der Waals surface area (Å²) in [5.74, 6) is -0.424. The maximum Gasteiger partial charge on any atom is 0.322 e. The van der Waals surface area contributed by atoms with Gasteiger partial charge in [0.25, 0.3) is 11.8 Å². The molecule has 3 heterocycles. The first-order valence-electron chi connectivity index (χ1n) is 11.2. The van der Waals surface area contributed by atoms with Gasteiger partial charge in [-0.1, -0.05) is 23.8 Å². The first-order chi connectivity index (χ1) is 15.8. The van der Waals surface area contributed by atoms with Gasteiger partial charge in [0.1, 0.15) is 5.54 Å². The van der Waals surface area contributed by atoms with Crippen molar-refractivity contribution >= 4 is 28.7 Å². The summed E-state index contributed by atoms with van der Waals surface area (Å²) >= 11 is 0. The molecule has 33 heavy (non-hydrogen) atoms. The highest BCUT2D eigenvalue weighted by Crippen LogP contribution is 2.30. The van der Waals surface area contributed by atoms with Crippen LogP contribution in [0.2, 0.25) is 0 Å². The standard InChI is InChI=1S/C25H27N5O3/c1-15-12-16(2)21-18(13-15)14-26-30(21)20-8-10-29(11-9-20)22(31)17-4-6-19(7-5-17)25(3)23(32)27-24(33)28-25/h4-7,12-14,20H,8-11H2,1-3H3,(H2,27,28,32,33)/t25-/m1/s1. The Morgan fingerprint density at radius 1 is 1.09 bits per heavy atom. The van der Waals surface area contributed by atoms with E-state index in [9.17, 15) is 14.4 Å². The SMILES string of the molecule is Cc1cc(C)c2c(cnn2C2CCN(C(=O)c3ccc([C@@]4(C)NC(=O)NC4=O)cc3)CC2)c1. The first kappa shape index (κ1) is 21.2. The van der Waals surface area contributed by atoms with E-state index in [4.69, 9.17) is 0 Å². The molecule has 0 unspecified atom stereocenters. The van der Waals surface area contributed by atoms with Crippen LogP contribution in [0.15, 0.2) is 42.6 Å². The summed E-state index contributed by atoms with van der Waals surface area (Å²) in [4.78, 5) is 38.6. The number of imide groups is 1. The van der Waals surface area contributed by atoms with Crippen LogP contribution in [0.5, 0.6) is 0 Å². The number of fused-ring (bicyclic) bond motifs is 1. The highest BCUT2D eigenvalue weighted by Gasteiger charge is 2.43. The minimum atomic E-state index is -1.12. The average molecular weight is 446 g/mol. The Labute approximate surface area is 191 Å². The zero-order valence-corrected chi connectivity index (χ0v) is 19.0. The second kappa shape index (κ2) is 7.72. The molecule has 2 N–H and O–H groups in total. The van der Waals surface area contributed by atoms with Crippen molar-refractivity contribution in [1.29, 1.82) is 0 Å². The number of likely N-dealkylation sites (tertiary alicyclic amines) is 1. The van der Waals surface area contributed by atoms with Crippen molar-refractivity contribution in [2.75, 3.05) is 13.1 Å². The second-order valence-electron chi connectivity index (χ2n) is 9.24. The number of carbonyl (C=O) groups excluding carboxylic acids is 3. The predicted molar refractivity (Wildman–Crippen MR) is 124 cm³/mol. The molecule has 2 aromatic carbocycles. The molecule has 0 bridgehead atoms. The highest BCUT2D eigenvalue weighted by molar-refractivity contribution is 6.07. The maximum absolute atomic E-state index is 13.1. The van der Waals surface area contributed by atoms with E-state index in [0.29, 0.717) is 24.2 Å². The third kappa shape index (κ3) is 3.55. The molecule has 1 atom stereocenters. The van der Waals surface area contributed by atoms with Crippen molar-refractivity contribution in [3.63, 3.8) is 0 Å². The fourth-order valence-corrected chi connectivity index (χ4v) is 5.05. The number of urea groups is 1. The third-order valence-electron chi connectivity index (χ3n) is 6.88. The average Bonchev–Trinajstić information content (AvgIpc) is 3.34. The van der Waals surface area contributed by atoms with E-state index >= 15 is 0 Å². The monoisotopic (exact) mass is 445 g/mol. The summed E-state index contributed by atoms with van der Waals surface area (Å²) in [5, 5.41) is 10.7. The quantitative estimate of drug-likeness (QED) is 0.605. The normalized spacial score (nSPS) is 21.4. The van der Waals surface area contributed by atoms with E-state index in [0.717, 1.165) is 18.2 Å². The molecule has 2 saturated heterocycles. The van der Waals surface area contributed by atoms with Crippen LogP contribution in [0.3, 0.4) is 0 Å². The van der Waals surface area contributed by atoms with E-state index in [-0.39, 0.29) is 11.9 Å². The smallest absolute Gasteiger partial charge is 0.322 e. The van der Waals surface area contributed by atoms with Gasteiger partial charge in [0.15, 0.2) is 0 Å². The van der Waals surface area contributed by atoms with E-state index < -0.39 is 17.5 Å². The molecule has 0 radical (unpaired) electrons. The minimum absolute atomic E-state index is 0.0257. The molecular weight excluding hydrogens is 418 g/mol. The lowest BCUT2D eigenvalue weighted by molar-refractivity contribution is -0.123. The molecule has 8 nitrogen and oxygen atoms in total. The Balaban J connectivity index is 1.28. The number of nitrogens with zero attached hydrogens (tertiary/aromatic N) is 3. The molecule has 5 rings (SSSR count). The molecule has 4 amide bonds. The van der Waals surface area contributed by atoms with Gasteiger partial charge in [-0.25, -0.2) is 4.79 Å². The number of aryl methyl sites for hydroxylation is 2. The number of carbonyl (C=O) groups is 3. The Hall–Kier alpha value is -3.68. The molecular formula is C25H27N5O3. The van der Waals surface area contributed by atoms with Crippen molar-refractivity contribution in [1.82, 2.24) is 25.3 Å². The van der Waals surface area contributed by atoms with E-state index in [2.05, 4.69) is 46.4 Å². The van der Waals surface area contributed by atoms with Crippen molar-refractivity contribution in [2.45, 2.75) is 45.2 Å². The molecule has 1 aromatic heterocycles. The lowest BCUT2D eigenvalue weighted by Crippen LogP contribution is -2.41. The summed E-state index contributed by atoms with van der Waals surface area (Å²) in [6.45, 7) is 7.19. The van der Waals surface area contributed by atoms with Gasteiger partial charge in [-0.05, 0) is 62.9 Å². The fourth-order valence-electron chi connectivity index (χ4n) is 5.05. The van der Waals surface area contributed by atoms with Crippen molar-refractivity contribution in [3.8, 4) is 0 Å². The van der Waals surface area contributed by atoms with Crippen molar-refractivity contribution in [3.05, 3.63) is 64.8 Å². The number of rotatable bonds is 3. The van der Waals surface area contributed by atoms with Gasteiger partial charge in [0.05, 0.1) is 17.8 Å². The van der Waals surface area contributed by atoms with Crippen LogP contribution in [0, 0.1) is 13.8 Å². The Morgan fingerprint density at radius 3 is 2.42 bits per heavy atom. The van der Waals surface area contributed by atoms with Gasteiger partial charge in [-0.2, -0.15) is 5.10 Å². The molecule has 8 heteroatoms. The van der Waals surface area contributed by atoms with Crippen LogP contribution < -0.4 is 10.6 Å². The third-order valence-corrected chi connectivity index (χ3v) is 6.88. The summed E-state index contributed by atoms with van der Waals surface area (Å²) in [5.41, 5.74) is 3.72. The van der Waals surface area contributed by atoms with Gasteiger partial charge >= 0.3 is 6.03 Å². The van der Waals surface area contributed by atoms with E-state index in [1.807, 2.05) is 11.1 Å². The van der Waals surface area contributed by atoms with Gasteiger partial charge < -0.3 is 10.2 Å². The lowest BCUT2D eigenvalue weighted by Gasteiger charge is -2.32. The Morgan fingerprint density at radius 2 is 1.79 bits per heavy atom. The Kier molecular flexibility index (Phi) is 4.96. The summed E-state index contributed by atoms with van der Waals surface area (Å²) in [7, 11) is 0. The molecule has 170 valence electrons. The number of benzene rings is 2. The Bertz CT molecular complexity index is 1270. The predicted octanol–water partition coefficient (Wildman–Crippen LogP) is 3.19. The van der Waals surface area contributed by atoms with E-state index in [1.54, 1.807) is 31.2 Å². The number of nitrogens with one attached hydrogen (secondary N) is 2. The zero-order chi connectivity index (χ0) is 23.3. The number of aromatic nitrogens is 2. The molecule has 2 aliphatic rings. The summed E-state index contributed by atoms with van der Waals surface area (Å²) in [6, 6.07) is 11.0. The van der Waals surface area contributed by atoms with Gasteiger partial charge in [-0.3, -0.25) is 19.6 Å². The second-order valence-corrected chi connectivity index (χ2v) is 9.24. The van der Waals surface area contributed by atoms with Crippen LogP contribution in [-0.2, 0) is 10.3 Å². The zero-order valence-electron chi connectivity index (χ0n) is 19.0. The fraction of sp³-hybridized carbons (Fsp3) is 0.360. The molecule has 0 aliphatic carbocycles. The van der Waals surface area contributed by atoms with Crippen molar-refractivity contribution < 1.29 is 14.4 Å². The van der Waals surface area contributed by atoms with Crippen molar-refractivity contribution in [2.24, 2.45) is 0 Å². The highest BCUT2D eigenvalue weighted by atomic mass is 16.2. The van der Waals surface area contributed by atoms with Gasteiger partial charge in [-0.15, -0.1) is 0 Å². The molecule has 3 aromatic rings. The van der Waals surface area contributed by atoms with Crippen LogP contribution in [0.4, 0.5) is 4.79 Å². The summed E-state index contributed by atoms with van der Waals surface area (Å²) in [6.07, 6.45) is 3.62. The van der Waals surface area contributed by atoms with Crippen LogP contribution in [-0.4, -0.2) is 45.6 Å². The van der Waals surface area contributed by atoms with Crippen LogP contribution in [0.25, 0.3) is 10.9 Å². The minimum Gasteiger partial charge on any atom is -0.338 e. The van der Waals surface area contributed by atoms with Gasteiger partial charge in [0, 0.05) is 24.0 Å². The molecule has 2 aliphatic heterocycles. The number of amides is 4. The first-order valence-corrected chi connectivity index (χ1v) is 11.2. The van der Waals surface area contributed by atoms with Crippen LogP contribution in [0.1, 0.15) is 52.9 Å². The van der Waals surface area contributed by atoms with Crippen LogP contribution >= 0.6 is 0 Å². The lowest BCUT2D eigenvalue weighted by atomic mass is 9.91. The number of hydrogen-bond acceptors (Lipinski definition) is 4. The topological polar surface area (TPSA) is 96.3 Å². The van der Waals surface area contributed by atoms with E-state index in [1.165, 1.54) is 16.6 Å². The molecule has 2 fully saturated rings. The number of hydrogen-bond donors (Lipinski definition) is 2. The summed E-state index contributed by atoms with van der Waals surface area (Å²) < 4.78 is 2.13.